The average molecular weight is 465 g/mol. The van der Waals surface area contributed by atoms with Gasteiger partial charge in [-0.25, -0.2) is 35.2 Å². The molecule has 3 rings (SSSR count). The fourth-order valence-electron chi connectivity index (χ4n) is 2.93. The number of halogens is 5. The first-order valence-electron chi connectivity index (χ1n) is 8.91. The summed E-state index contributed by atoms with van der Waals surface area (Å²) in [5.74, 6) is -12.1. The van der Waals surface area contributed by atoms with E-state index in [1.165, 1.54) is 23.4 Å². The van der Waals surface area contributed by atoms with E-state index in [2.05, 4.69) is 4.74 Å². The molecule has 0 aliphatic carbocycles. The minimum atomic E-state index is -3.96. The molecule has 31 heavy (non-hydrogen) atoms. The van der Waals surface area contributed by atoms with Gasteiger partial charge in [0, 0.05) is 13.1 Å². The second-order valence-electron chi connectivity index (χ2n) is 6.62. The number of morpholine rings is 1. The molecule has 0 radical (unpaired) electrons. The lowest BCUT2D eigenvalue weighted by Gasteiger charge is -2.26. The third-order valence-electron chi connectivity index (χ3n) is 4.66. The Hall–Kier alpha value is -2.57. The monoisotopic (exact) mass is 465 g/mol. The fraction of sp³-hybridized carbons (Fsp3) is 0.316. The molecular weight excluding hydrogens is 449 g/mol. The van der Waals surface area contributed by atoms with Crippen LogP contribution in [-0.2, 0) is 26.1 Å². The summed E-state index contributed by atoms with van der Waals surface area (Å²) in [6.45, 7) is 0.929. The first-order valence-corrected chi connectivity index (χ1v) is 10.4. The molecule has 0 bridgehead atoms. The highest BCUT2D eigenvalue weighted by Gasteiger charge is 2.29. The zero-order valence-corrected chi connectivity index (χ0v) is 16.9. The number of aryl methyl sites for hydroxylation is 1. The van der Waals surface area contributed by atoms with Gasteiger partial charge >= 0.3 is 5.97 Å². The number of esters is 1. The molecule has 0 unspecified atom stereocenters. The molecule has 1 fully saturated rings. The van der Waals surface area contributed by atoms with E-state index in [4.69, 9.17) is 4.74 Å². The molecule has 12 heteroatoms. The number of nitrogens with zero attached hydrogens (tertiary/aromatic N) is 1. The lowest BCUT2D eigenvalue weighted by atomic mass is 10.1. The van der Waals surface area contributed by atoms with E-state index in [1.54, 1.807) is 0 Å². The third-order valence-corrected chi connectivity index (χ3v) is 6.70. The molecule has 0 aromatic heterocycles. The molecule has 0 amide bonds. The van der Waals surface area contributed by atoms with E-state index < -0.39 is 57.2 Å². The van der Waals surface area contributed by atoms with Gasteiger partial charge < -0.3 is 9.47 Å². The maximum Gasteiger partial charge on any atom is 0.338 e. The van der Waals surface area contributed by atoms with Crippen LogP contribution in [0.3, 0.4) is 0 Å². The van der Waals surface area contributed by atoms with Crippen molar-refractivity contribution in [2.24, 2.45) is 0 Å². The summed E-state index contributed by atoms with van der Waals surface area (Å²) in [5, 5.41) is 0. The molecule has 6 nitrogen and oxygen atoms in total. The summed E-state index contributed by atoms with van der Waals surface area (Å²) >= 11 is 0. The van der Waals surface area contributed by atoms with Crippen LogP contribution in [0.5, 0.6) is 0 Å². The minimum Gasteiger partial charge on any atom is -0.457 e. The maximum absolute atomic E-state index is 13.7. The summed E-state index contributed by atoms with van der Waals surface area (Å²) in [6.07, 6.45) is 0. The van der Waals surface area contributed by atoms with Gasteiger partial charge in [0.25, 0.3) is 0 Å². The maximum atomic E-state index is 13.7. The summed E-state index contributed by atoms with van der Waals surface area (Å²) in [7, 11) is -3.96. The number of carbonyl (C=O) groups is 1. The Morgan fingerprint density at radius 3 is 2.13 bits per heavy atom. The van der Waals surface area contributed by atoms with Gasteiger partial charge in [-0.3, -0.25) is 0 Å². The molecule has 1 aliphatic heterocycles. The molecule has 1 saturated heterocycles. The van der Waals surface area contributed by atoms with Gasteiger partial charge in [0.2, 0.25) is 15.8 Å². The van der Waals surface area contributed by atoms with Crippen molar-refractivity contribution in [1.82, 2.24) is 4.31 Å². The number of hydrogen-bond acceptors (Lipinski definition) is 5. The lowest BCUT2D eigenvalue weighted by Crippen LogP contribution is -2.40. The Labute approximate surface area is 174 Å². The highest BCUT2D eigenvalue weighted by atomic mass is 32.2. The first-order chi connectivity index (χ1) is 14.6. The lowest BCUT2D eigenvalue weighted by molar-refractivity contribution is 0.0461. The van der Waals surface area contributed by atoms with E-state index >= 15 is 0 Å². The number of sulfonamides is 1. The zero-order valence-electron chi connectivity index (χ0n) is 16.1. The molecule has 1 aliphatic rings. The molecule has 0 saturated carbocycles. The summed E-state index contributed by atoms with van der Waals surface area (Å²) in [6, 6.07) is 3.58. The van der Waals surface area contributed by atoms with Crippen LogP contribution in [0, 0.1) is 36.0 Å². The van der Waals surface area contributed by atoms with Crippen molar-refractivity contribution in [3.63, 3.8) is 0 Å². The van der Waals surface area contributed by atoms with E-state index in [0.29, 0.717) is 5.56 Å². The Morgan fingerprint density at radius 2 is 1.55 bits per heavy atom. The SMILES string of the molecule is Cc1ccc(C(=O)OCc2c(F)c(F)c(F)c(F)c2F)cc1S(=O)(=O)N1CCOCC1. The highest BCUT2D eigenvalue weighted by molar-refractivity contribution is 7.89. The fourth-order valence-corrected chi connectivity index (χ4v) is 4.59. The van der Waals surface area contributed by atoms with Crippen LogP contribution in [0.1, 0.15) is 21.5 Å². The van der Waals surface area contributed by atoms with E-state index in [1.807, 2.05) is 0 Å². The summed E-state index contributed by atoms with van der Waals surface area (Å²) in [4.78, 5) is 12.1. The summed E-state index contributed by atoms with van der Waals surface area (Å²) in [5.41, 5.74) is -1.26. The standard InChI is InChI=1S/C19H16F5NO5S/c1-10-2-3-11(8-13(10)31(27,28)25-4-6-29-7-5-25)19(26)30-9-12-14(20)16(22)18(24)17(23)15(12)21/h2-3,8H,4-7,9H2,1H3. The van der Waals surface area contributed by atoms with Crippen molar-refractivity contribution < 1.29 is 44.6 Å². The van der Waals surface area contributed by atoms with Gasteiger partial charge in [0.15, 0.2) is 23.3 Å². The Balaban J connectivity index is 1.85. The number of ether oxygens (including phenoxy) is 2. The van der Waals surface area contributed by atoms with Crippen molar-refractivity contribution in [2.45, 2.75) is 18.4 Å². The van der Waals surface area contributed by atoms with Crippen molar-refractivity contribution in [3.8, 4) is 0 Å². The zero-order chi connectivity index (χ0) is 22.9. The molecule has 2 aromatic carbocycles. The molecule has 0 N–H and O–H groups in total. The second kappa shape index (κ2) is 8.89. The predicted octanol–water partition coefficient (Wildman–Crippen LogP) is 3.07. The molecule has 0 atom stereocenters. The largest absolute Gasteiger partial charge is 0.457 e. The number of carbonyl (C=O) groups excluding carboxylic acids is 1. The van der Waals surface area contributed by atoms with Gasteiger partial charge in [-0.1, -0.05) is 6.07 Å². The molecule has 0 spiro atoms. The second-order valence-corrected chi connectivity index (χ2v) is 8.53. The van der Waals surface area contributed by atoms with Crippen LogP contribution >= 0.6 is 0 Å². The van der Waals surface area contributed by atoms with Crippen LogP contribution < -0.4 is 0 Å². The van der Waals surface area contributed by atoms with E-state index in [0.717, 1.165) is 6.07 Å². The summed E-state index contributed by atoms with van der Waals surface area (Å²) < 4.78 is 104. The predicted molar refractivity (Wildman–Crippen MR) is 96.1 cm³/mol. The Bertz CT molecular complexity index is 1100. The van der Waals surface area contributed by atoms with E-state index in [9.17, 15) is 35.2 Å². The number of hydrogen-bond donors (Lipinski definition) is 0. The molecule has 1 heterocycles. The van der Waals surface area contributed by atoms with Crippen LogP contribution in [0.2, 0.25) is 0 Å². The molecular formula is C19H16F5NO5S. The van der Waals surface area contributed by atoms with Crippen LogP contribution in [-0.4, -0.2) is 45.0 Å². The molecule has 2 aromatic rings. The highest BCUT2D eigenvalue weighted by Crippen LogP contribution is 2.25. The van der Waals surface area contributed by atoms with Crippen LogP contribution in [0.25, 0.3) is 0 Å². The average Bonchev–Trinajstić information content (AvgIpc) is 2.77. The van der Waals surface area contributed by atoms with Crippen molar-refractivity contribution in [2.75, 3.05) is 26.3 Å². The quantitative estimate of drug-likeness (QED) is 0.294. The van der Waals surface area contributed by atoms with Gasteiger partial charge in [0.05, 0.1) is 29.2 Å². The normalized spacial score (nSPS) is 15.2. The van der Waals surface area contributed by atoms with Crippen LogP contribution in [0.4, 0.5) is 22.0 Å². The van der Waals surface area contributed by atoms with Crippen molar-refractivity contribution in [3.05, 3.63) is 64.0 Å². The minimum absolute atomic E-state index is 0.122. The molecule has 168 valence electrons. The van der Waals surface area contributed by atoms with Crippen molar-refractivity contribution in [1.29, 1.82) is 0 Å². The van der Waals surface area contributed by atoms with Gasteiger partial charge in [-0.15, -0.1) is 0 Å². The Morgan fingerprint density at radius 1 is 1.00 bits per heavy atom. The number of benzene rings is 2. The van der Waals surface area contributed by atoms with Gasteiger partial charge in [0.1, 0.15) is 6.61 Å². The van der Waals surface area contributed by atoms with Crippen molar-refractivity contribution >= 4 is 16.0 Å². The first kappa shape index (κ1) is 23.1. The third kappa shape index (κ3) is 4.41. The van der Waals surface area contributed by atoms with E-state index in [-0.39, 0.29) is 36.8 Å². The van der Waals surface area contributed by atoms with Crippen LogP contribution in [0.15, 0.2) is 23.1 Å². The Kier molecular flexibility index (Phi) is 6.62. The van der Waals surface area contributed by atoms with Gasteiger partial charge in [-0.2, -0.15) is 4.31 Å². The van der Waals surface area contributed by atoms with Gasteiger partial charge in [-0.05, 0) is 24.6 Å². The topological polar surface area (TPSA) is 72.9 Å². The number of rotatable bonds is 5. The smallest absolute Gasteiger partial charge is 0.338 e.